The average Bonchev–Trinajstić information content (AvgIpc) is 2.99. The van der Waals surface area contributed by atoms with Crippen LogP contribution in [0.2, 0.25) is 5.02 Å². The summed E-state index contributed by atoms with van der Waals surface area (Å²) in [4.78, 5) is 0.605. The lowest BCUT2D eigenvalue weighted by atomic mass is 10.2. The summed E-state index contributed by atoms with van der Waals surface area (Å²) in [5, 5.41) is 7.11. The summed E-state index contributed by atoms with van der Waals surface area (Å²) in [7, 11) is -1.15. The van der Waals surface area contributed by atoms with Gasteiger partial charge < -0.3 is 9.47 Å². The monoisotopic (exact) mass is 326 g/mol. The van der Waals surface area contributed by atoms with Crippen LogP contribution in [0.25, 0.3) is 0 Å². The summed E-state index contributed by atoms with van der Waals surface area (Å²) < 4.78 is 23.3. The molecule has 3 rings (SSSR count). The molecule has 112 valence electrons. The van der Waals surface area contributed by atoms with Crippen LogP contribution in [0.5, 0.6) is 11.5 Å². The predicted molar refractivity (Wildman–Crippen MR) is 80.6 cm³/mol. The van der Waals surface area contributed by atoms with E-state index in [9.17, 15) is 4.21 Å². The fourth-order valence-corrected chi connectivity index (χ4v) is 3.70. The zero-order valence-corrected chi connectivity index (χ0v) is 12.9. The summed E-state index contributed by atoms with van der Waals surface area (Å²) >= 11 is 6.19. The van der Waals surface area contributed by atoms with Gasteiger partial charge in [0.05, 0.1) is 26.9 Å². The predicted octanol–water partition coefficient (Wildman–Crippen LogP) is 2.57. The number of nitrogens with zero attached hydrogens (tertiary/aromatic N) is 1. The smallest absolute Gasteiger partial charge is 0.162 e. The standard InChI is InChI=1S/C14H15ClN2O3S/c15-11-6-12-13(20-4-3-19-12)7-14(11)21(18)5-1-2-10-8-16-17-9-10/h6-9H,1-5H2,(H,16,17). The van der Waals surface area contributed by atoms with Crippen LogP contribution in [0.1, 0.15) is 12.0 Å². The van der Waals surface area contributed by atoms with Crippen LogP contribution in [-0.2, 0) is 17.2 Å². The van der Waals surface area contributed by atoms with Crippen molar-refractivity contribution >= 4 is 22.4 Å². The van der Waals surface area contributed by atoms with Crippen molar-refractivity contribution in [2.75, 3.05) is 19.0 Å². The van der Waals surface area contributed by atoms with Crippen molar-refractivity contribution in [1.82, 2.24) is 10.2 Å². The third kappa shape index (κ3) is 3.39. The molecule has 0 saturated heterocycles. The summed E-state index contributed by atoms with van der Waals surface area (Å²) in [5.41, 5.74) is 1.11. The van der Waals surface area contributed by atoms with E-state index in [1.54, 1.807) is 18.3 Å². The van der Waals surface area contributed by atoms with Crippen molar-refractivity contribution < 1.29 is 13.7 Å². The number of benzene rings is 1. The zero-order valence-electron chi connectivity index (χ0n) is 11.3. The molecule has 1 aliphatic rings. The lowest BCUT2D eigenvalue weighted by molar-refractivity contribution is 0.171. The normalized spacial score (nSPS) is 14.9. The molecule has 0 bridgehead atoms. The van der Waals surface area contributed by atoms with Crippen molar-refractivity contribution in [1.29, 1.82) is 0 Å². The highest BCUT2D eigenvalue weighted by atomic mass is 35.5. The molecule has 1 aliphatic heterocycles. The summed E-state index contributed by atoms with van der Waals surface area (Å²) in [6, 6.07) is 3.41. The summed E-state index contributed by atoms with van der Waals surface area (Å²) in [6.07, 6.45) is 5.27. The molecule has 0 amide bonds. The molecule has 7 heteroatoms. The number of fused-ring (bicyclic) bond motifs is 1. The first-order valence-corrected chi connectivity index (χ1v) is 8.39. The number of aromatic amines is 1. The molecule has 1 N–H and O–H groups in total. The molecule has 1 aromatic heterocycles. The first kappa shape index (κ1) is 14.4. The SMILES string of the molecule is O=S(CCCc1cn[nH]c1)c1cc2c(cc1Cl)OCCO2. The molecule has 1 unspecified atom stereocenters. The number of halogens is 1. The third-order valence-electron chi connectivity index (χ3n) is 3.19. The van der Waals surface area contributed by atoms with E-state index in [-0.39, 0.29) is 0 Å². The minimum Gasteiger partial charge on any atom is -0.486 e. The maximum atomic E-state index is 12.4. The van der Waals surface area contributed by atoms with Crippen LogP contribution in [-0.4, -0.2) is 33.4 Å². The molecular weight excluding hydrogens is 312 g/mol. The molecule has 1 atom stereocenters. The number of ether oxygens (including phenoxy) is 2. The molecule has 1 aromatic carbocycles. The molecule has 0 saturated carbocycles. The quantitative estimate of drug-likeness (QED) is 0.917. The Balaban J connectivity index is 1.66. The molecule has 0 aliphatic carbocycles. The van der Waals surface area contributed by atoms with E-state index >= 15 is 0 Å². The fourth-order valence-electron chi connectivity index (χ4n) is 2.15. The number of hydrogen-bond donors (Lipinski definition) is 1. The number of rotatable bonds is 5. The first-order valence-electron chi connectivity index (χ1n) is 6.69. The second-order valence-electron chi connectivity index (χ2n) is 4.69. The Bertz CT molecular complexity index is 646. The highest BCUT2D eigenvalue weighted by molar-refractivity contribution is 7.85. The average molecular weight is 327 g/mol. The van der Waals surface area contributed by atoms with Gasteiger partial charge in [-0.2, -0.15) is 5.10 Å². The lowest BCUT2D eigenvalue weighted by Gasteiger charge is -2.19. The van der Waals surface area contributed by atoms with Crippen LogP contribution in [0, 0.1) is 0 Å². The van der Waals surface area contributed by atoms with Crippen molar-refractivity contribution in [3.63, 3.8) is 0 Å². The summed E-state index contributed by atoms with van der Waals surface area (Å²) in [5.74, 6) is 1.78. The van der Waals surface area contributed by atoms with Gasteiger partial charge in [0.1, 0.15) is 13.2 Å². The molecule has 21 heavy (non-hydrogen) atoms. The van der Waals surface area contributed by atoms with Gasteiger partial charge in [0.15, 0.2) is 11.5 Å². The number of hydrogen-bond acceptors (Lipinski definition) is 4. The Morgan fingerprint density at radius 1 is 1.29 bits per heavy atom. The van der Waals surface area contributed by atoms with E-state index < -0.39 is 10.8 Å². The Morgan fingerprint density at radius 3 is 2.76 bits per heavy atom. The number of nitrogens with one attached hydrogen (secondary N) is 1. The Kier molecular flexibility index (Phi) is 4.45. The van der Waals surface area contributed by atoms with Crippen LogP contribution in [0.15, 0.2) is 29.4 Å². The number of aromatic nitrogens is 2. The van der Waals surface area contributed by atoms with Crippen LogP contribution >= 0.6 is 11.6 Å². The van der Waals surface area contributed by atoms with E-state index in [2.05, 4.69) is 10.2 Å². The molecule has 5 nitrogen and oxygen atoms in total. The van der Waals surface area contributed by atoms with Crippen molar-refractivity contribution in [2.45, 2.75) is 17.7 Å². The van der Waals surface area contributed by atoms with Crippen LogP contribution in [0.3, 0.4) is 0 Å². The first-order chi connectivity index (χ1) is 10.2. The Labute approximate surface area is 130 Å². The maximum Gasteiger partial charge on any atom is 0.162 e. The lowest BCUT2D eigenvalue weighted by Crippen LogP contribution is -2.15. The molecule has 2 aromatic rings. The van der Waals surface area contributed by atoms with Gasteiger partial charge >= 0.3 is 0 Å². The molecular formula is C14H15ClN2O3S. The van der Waals surface area contributed by atoms with Gasteiger partial charge in [0.2, 0.25) is 0 Å². The highest BCUT2D eigenvalue weighted by Crippen LogP contribution is 2.36. The van der Waals surface area contributed by atoms with Gasteiger partial charge in [0.25, 0.3) is 0 Å². The van der Waals surface area contributed by atoms with E-state index in [0.29, 0.717) is 40.4 Å². The number of H-pyrrole nitrogens is 1. The number of aryl methyl sites for hydroxylation is 1. The Morgan fingerprint density at radius 2 is 2.05 bits per heavy atom. The van der Waals surface area contributed by atoms with Gasteiger partial charge in [-0.05, 0) is 18.4 Å². The van der Waals surface area contributed by atoms with Gasteiger partial charge in [-0.3, -0.25) is 9.31 Å². The Hall–Kier alpha value is -1.53. The van der Waals surface area contributed by atoms with Crippen molar-refractivity contribution in [2.24, 2.45) is 0 Å². The topological polar surface area (TPSA) is 64.2 Å². The minimum atomic E-state index is -1.15. The fraction of sp³-hybridized carbons (Fsp3) is 0.357. The van der Waals surface area contributed by atoms with Gasteiger partial charge in [-0.25, -0.2) is 0 Å². The van der Waals surface area contributed by atoms with E-state index in [4.69, 9.17) is 21.1 Å². The van der Waals surface area contributed by atoms with E-state index in [1.165, 1.54) is 0 Å². The van der Waals surface area contributed by atoms with E-state index in [0.717, 1.165) is 18.4 Å². The molecule has 0 fully saturated rings. The molecule has 0 radical (unpaired) electrons. The van der Waals surface area contributed by atoms with E-state index in [1.807, 2.05) is 6.20 Å². The maximum absolute atomic E-state index is 12.4. The van der Waals surface area contributed by atoms with Crippen LogP contribution in [0.4, 0.5) is 0 Å². The zero-order chi connectivity index (χ0) is 14.7. The second kappa shape index (κ2) is 6.49. The molecule has 2 heterocycles. The largest absolute Gasteiger partial charge is 0.486 e. The highest BCUT2D eigenvalue weighted by Gasteiger charge is 2.18. The van der Waals surface area contributed by atoms with Gasteiger partial charge in [0, 0.05) is 24.1 Å². The van der Waals surface area contributed by atoms with Crippen molar-refractivity contribution in [3.8, 4) is 11.5 Å². The van der Waals surface area contributed by atoms with Crippen LogP contribution < -0.4 is 9.47 Å². The third-order valence-corrected chi connectivity index (χ3v) is 5.10. The second-order valence-corrected chi connectivity index (χ2v) is 6.63. The van der Waals surface area contributed by atoms with Gasteiger partial charge in [-0.15, -0.1) is 0 Å². The molecule has 0 spiro atoms. The summed E-state index contributed by atoms with van der Waals surface area (Å²) in [6.45, 7) is 1.01. The van der Waals surface area contributed by atoms with Gasteiger partial charge in [-0.1, -0.05) is 11.6 Å². The minimum absolute atomic E-state index is 0.459. The van der Waals surface area contributed by atoms with Crippen molar-refractivity contribution in [3.05, 3.63) is 35.1 Å².